The van der Waals surface area contributed by atoms with Gasteiger partial charge in [0.2, 0.25) is 0 Å². The predicted octanol–water partition coefficient (Wildman–Crippen LogP) is -0.0528. The Bertz CT molecular complexity index is 360. The molecule has 0 saturated heterocycles. The Labute approximate surface area is 89.0 Å². The molecule has 1 unspecified atom stereocenters. The van der Waals surface area contributed by atoms with E-state index in [0.29, 0.717) is 11.7 Å². The van der Waals surface area contributed by atoms with Crippen LogP contribution in [0.5, 0.6) is 0 Å². The van der Waals surface area contributed by atoms with Gasteiger partial charge in [-0.05, 0) is 18.3 Å². The molecule has 1 rings (SSSR count). The van der Waals surface area contributed by atoms with E-state index in [0.717, 1.165) is 0 Å². The van der Waals surface area contributed by atoms with Crippen molar-refractivity contribution in [3.63, 3.8) is 0 Å². The minimum absolute atomic E-state index is 0.0723. The highest BCUT2D eigenvalue weighted by Crippen LogP contribution is 2.07. The highest BCUT2D eigenvalue weighted by Gasteiger charge is 2.21. The maximum absolute atomic E-state index is 11.0. The zero-order valence-corrected chi connectivity index (χ0v) is 9.20. The van der Waals surface area contributed by atoms with Crippen LogP contribution in [-0.2, 0) is 9.84 Å². The van der Waals surface area contributed by atoms with Crippen LogP contribution in [0.2, 0.25) is 0 Å². The van der Waals surface area contributed by atoms with Crippen LogP contribution in [0.1, 0.15) is 0 Å². The third kappa shape index (κ3) is 3.47. The van der Waals surface area contributed by atoms with Gasteiger partial charge in [-0.2, -0.15) is 0 Å². The number of rotatable bonds is 3. The van der Waals surface area contributed by atoms with Crippen LogP contribution in [0.25, 0.3) is 0 Å². The van der Waals surface area contributed by atoms with Gasteiger partial charge in [-0.1, -0.05) is 6.08 Å². The molecule has 1 aliphatic rings. The number of hydrogen-bond acceptors (Lipinski definition) is 3. The van der Waals surface area contributed by atoms with Gasteiger partial charge in [0.25, 0.3) is 0 Å². The highest BCUT2D eigenvalue weighted by molar-refractivity contribution is 7.94. The van der Waals surface area contributed by atoms with Gasteiger partial charge in [0, 0.05) is 12.0 Å². The van der Waals surface area contributed by atoms with Gasteiger partial charge >= 0.3 is 0 Å². The molecule has 0 aliphatic carbocycles. The van der Waals surface area contributed by atoms with E-state index in [1.807, 2.05) is 0 Å². The second-order valence-corrected chi connectivity index (χ2v) is 5.25. The summed E-state index contributed by atoms with van der Waals surface area (Å²) in [4.78, 5) is 0. The molecular weight excluding hydrogens is 220 g/mol. The SMILES string of the molecule is C=CCNC(=S)NC1C=CS(=O)(=O)C1. The fourth-order valence-electron chi connectivity index (χ4n) is 1.05. The van der Waals surface area contributed by atoms with Crippen molar-refractivity contribution < 1.29 is 8.42 Å². The molecule has 14 heavy (non-hydrogen) atoms. The van der Waals surface area contributed by atoms with Gasteiger partial charge in [0.1, 0.15) is 0 Å². The fraction of sp³-hybridized carbons (Fsp3) is 0.375. The van der Waals surface area contributed by atoms with Crippen molar-refractivity contribution in [1.82, 2.24) is 10.6 Å². The standard InChI is InChI=1S/C8H12N2O2S2/c1-2-4-9-8(13)10-7-3-5-14(11,12)6-7/h2-3,5,7H,1,4,6H2,(H2,9,10,13). The van der Waals surface area contributed by atoms with Crippen LogP contribution >= 0.6 is 12.2 Å². The molecule has 0 fully saturated rings. The van der Waals surface area contributed by atoms with Gasteiger partial charge in [-0.15, -0.1) is 6.58 Å². The number of sulfone groups is 1. The predicted molar refractivity (Wildman–Crippen MR) is 60.6 cm³/mol. The van der Waals surface area contributed by atoms with Crippen LogP contribution in [0.15, 0.2) is 24.1 Å². The summed E-state index contributed by atoms with van der Waals surface area (Å²) in [5.74, 6) is 0.0723. The zero-order valence-electron chi connectivity index (χ0n) is 7.56. The summed E-state index contributed by atoms with van der Waals surface area (Å²) in [6.45, 7) is 4.09. The monoisotopic (exact) mass is 232 g/mol. The van der Waals surface area contributed by atoms with Crippen LogP contribution in [0.4, 0.5) is 0 Å². The van der Waals surface area contributed by atoms with Gasteiger partial charge in [-0.3, -0.25) is 0 Å². The lowest BCUT2D eigenvalue weighted by Crippen LogP contribution is -2.42. The van der Waals surface area contributed by atoms with Crippen LogP contribution in [0, 0.1) is 0 Å². The maximum Gasteiger partial charge on any atom is 0.173 e. The summed E-state index contributed by atoms with van der Waals surface area (Å²) in [6, 6.07) is -0.218. The van der Waals surface area contributed by atoms with E-state index in [9.17, 15) is 8.42 Å². The van der Waals surface area contributed by atoms with E-state index < -0.39 is 9.84 Å². The topological polar surface area (TPSA) is 58.2 Å². The molecule has 0 saturated carbocycles. The minimum Gasteiger partial charge on any atom is -0.359 e. The largest absolute Gasteiger partial charge is 0.359 e. The van der Waals surface area contributed by atoms with Crippen LogP contribution in [-0.4, -0.2) is 31.9 Å². The molecule has 1 atom stereocenters. The minimum atomic E-state index is -3.01. The second-order valence-electron chi connectivity index (χ2n) is 2.91. The Morgan fingerprint density at radius 2 is 2.43 bits per heavy atom. The van der Waals surface area contributed by atoms with Crippen molar-refractivity contribution in [3.8, 4) is 0 Å². The van der Waals surface area contributed by atoms with Crippen molar-refractivity contribution in [2.24, 2.45) is 0 Å². The van der Waals surface area contributed by atoms with E-state index in [1.165, 1.54) is 5.41 Å². The molecular formula is C8H12N2O2S2. The van der Waals surface area contributed by atoms with Crippen molar-refractivity contribution in [1.29, 1.82) is 0 Å². The molecule has 78 valence electrons. The van der Waals surface area contributed by atoms with E-state index in [4.69, 9.17) is 12.2 Å². The highest BCUT2D eigenvalue weighted by atomic mass is 32.2. The van der Waals surface area contributed by atoms with Crippen LogP contribution < -0.4 is 10.6 Å². The smallest absolute Gasteiger partial charge is 0.173 e. The van der Waals surface area contributed by atoms with E-state index in [-0.39, 0.29) is 11.8 Å². The molecule has 0 spiro atoms. The number of nitrogens with one attached hydrogen (secondary N) is 2. The Morgan fingerprint density at radius 3 is 2.93 bits per heavy atom. The average molecular weight is 232 g/mol. The summed E-state index contributed by atoms with van der Waals surface area (Å²) in [6.07, 6.45) is 3.27. The fourth-order valence-corrected chi connectivity index (χ4v) is 2.52. The average Bonchev–Trinajstić information content (AvgIpc) is 2.42. The Kier molecular flexibility index (Phi) is 3.65. The first-order chi connectivity index (χ1) is 6.53. The summed E-state index contributed by atoms with van der Waals surface area (Å²) in [5.41, 5.74) is 0. The summed E-state index contributed by atoms with van der Waals surface area (Å²) < 4.78 is 22.1. The molecule has 4 nitrogen and oxygen atoms in total. The summed E-state index contributed by atoms with van der Waals surface area (Å²) >= 11 is 4.93. The molecule has 0 amide bonds. The number of hydrogen-bond donors (Lipinski definition) is 2. The van der Waals surface area contributed by atoms with Crippen molar-refractivity contribution in [3.05, 3.63) is 24.1 Å². The first-order valence-electron chi connectivity index (χ1n) is 4.10. The van der Waals surface area contributed by atoms with Gasteiger partial charge < -0.3 is 10.6 Å². The van der Waals surface area contributed by atoms with E-state index >= 15 is 0 Å². The molecule has 1 aliphatic heterocycles. The lowest BCUT2D eigenvalue weighted by molar-refractivity contribution is 0.602. The van der Waals surface area contributed by atoms with Gasteiger partial charge in [0.15, 0.2) is 14.9 Å². The molecule has 2 N–H and O–H groups in total. The first-order valence-corrected chi connectivity index (χ1v) is 6.22. The van der Waals surface area contributed by atoms with Gasteiger partial charge in [0.05, 0.1) is 11.8 Å². The maximum atomic E-state index is 11.0. The summed E-state index contributed by atoms with van der Waals surface area (Å²) in [7, 11) is -3.01. The zero-order chi connectivity index (χ0) is 10.6. The Balaban J connectivity index is 2.37. The number of thiocarbonyl (C=S) groups is 1. The second kappa shape index (κ2) is 4.56. The third-order valence-electron chi connectivity index (χ3n) is 1.65. The lowest BCUT2D eigenvalue weighted by atomic mass is 10.3. The molecule has 0 aromatic heterocycles. The first kappa shape index (κ1) is 11.2. The third-order valence-corrected chi connectivity index (χ3v) is 3.31. The van der Waals surface area contributed by atoms with Crippen LogP contribution in [0.3, 0.4) is 0 Å². The Morgan fingerprint density at radius 1 is 1.71 bits per heavy atom. The normalized spacial score (nSPS) is 23.0. The molecule has 0 aromatic carbocycles. The Hall–Kier alpha value is -0.880. The molecule has 0 bridgehead atoms. The van der Waals surface area contributed by atoms with Crippen molar-refractivity contribution >= 4 is 27.2 Å². The quantitative estimate of drug-likeness (QED) is 0.528. The lowest BCUT2D eigenvalue weighted by Gasteiger charge is -2.12. The molecule has 1 heterocycles. The molecule has 0 radical (unpaired) electrons. The van der Waals surface area contributed by atoms with E-state index in [2.05, 4.69) is 17.2 Å². The molecule has 0 aromatic rings. The van der Waals surface area contributed by atoms with Crippen molar-refractivity contribution in [2.75, 3.05) is 12.3 Å². The summed E-state index contributed by atoms with van der Waals surface area (Å²) in [5, 5.41) is 7.39. The van der Waals surface area contributed by atoms with E-state index in [1.54, 1.807) is 12.2 Å². The van der Waals surface area contributed by atoms with Gasteiger partial charge in [-0.25, -0.2) is 8.42 Å². The molecule has 6 heteroatoms. The van der Waals surface area contributed by atoms with Crippen molar-refractivity contribution in [2.45, 2.75) is 6.04 Å².